The van der Waals surface area contributed by atoms with Crippen LogP contribution in [-0.2, 0) is 0 Å². The Labute approximate surface area is 174 Å². The van der Waals surface area contributed by atoms with Crippen molar-refractivity contribution in [3.05, 3.63) is 82.5 Å². The molecule has 2 aromatic heterocycles. The number of rotatable bonds is 4. The first-order chi connectivity index (χ1) is 14.5. The molecule has 0 atom stereocenters. The van der Waals surface area contributed by atoms with Gasteiger partial charge in [0.15, 0.2) is 16.3 Å². The number of nitrogens with one attached hydrogen (secondary N) is 2. The van der Waals surface area contributed by atoms with E-state index in [9.17, 15) is 14.9 Å². The molecular weight excluding hydrogens is 406 g/mol. The van der Waals surface area contributed by atoms with Gasteiger partial charge in [-0.1, -0.05) is 0 Å². The molecule has 2 N–H and O–H groups in total. The summed E-state index contributed by atoms with van der Waals surface area (Å²) in [6, 6.07) is 15.9. The fraction of sp³-hybridized carbons (Fsp3) is 0. The summed E-state index contributed by atoms with van der Waals surface area (Å²) in [5.41, 5.74) is 2.71. The minimum atomic E-state index is -0.533. The lowest BCUT2D eigenvalue weighted by Gasteiger charge is -2.10. The van der Waals surface area contributed by atoms with Gasteiger partial charge in [-0.25, -0.2) is 4.98 Å². The highest BCUT2D eigenvalue weighted by atomic mass is 32.1. The second kappa shape index (κ2) is 8.05. The molecule has 2 aromatic carbocycles. The Morgan fingerprint density at radius 2 is 1.80 bits per heavy atom. The Morgan fingerprint density at radius 1 is 1.07 bits per heavy atom. The van der Waals surface area contributed by atoms with Crippen molar-refractivity contribution in [1.29, 1.82) is 0 Å². The number of anilines is 1. The van der Waals surface area contributed by atoms with Crippen molar-refractivity contribution in [1.82, 2.24) is 15.3 Å². The number of benzene rings is 2. The zero-order chi connectivity index (χ0) is 21.1. The molecule has 0 spiro atoms. The number of nitro groups is 1. The van der Waals surface area contributed by atoms with Gasteiger partial charge in [-0.05, 0) is 60.7 Å². The molecule has 0 radical (unpaired) electrons. The van der Waals surface area contributed by atoms with Crippen LogP contribution in [0.15, 0.2) is 71.3 Å². The van der Waals surface area contributed by atoms with Crippen LogP contribution in [0.4, 0.5) is 11.4 Å². The quantitative estimate of drug-likeness (QED) is 0.290. The molecule has 9 nitrogen and oxygen atoms in total. The number of nitrogens with zero attached hydrogens (tertiary/aromatic N) is 3. The molecule has 0 unspecified atom stereocenters. The molecule has 0 aliphatic carbocycles. The molecular formula is C20H13N5O4S. The zero-order valence-electron chi connectivity index (χ0n) is 15.2. The first-order valence-electron chi connectivity index (χ1n) is 8.68. The van der Waals surface area contributed by atoms with Crippen LogP contribution in [0.25, 0.3) is 22.7 Å². The molecule has 10 heteroatoms. The van der Waals surface area contributed by atoms with Gasteiger partial charge in [0.1, 0.15) is 0 Å². The summed E-state index contributed by atoms with van der Waals surface area (Å²) in [4.78, 5) is 30.9. The number of pyridine rings is 1. The third-order valence-electron chi connectivity index (χ3n) is 4.12. The number of oxazole rings is 1. The van der Waals surface area contributed by atoms with Crippen molar-refractivity contribution >= 4 is 45.8 Å². The summed E-state index contributed by atoms with van der Waals surface area (Å²) in [5, 5.41) is 16.2. The largest absolute Gasteiger partial charge is 0.434 e. The third kappa shape index (κ3) is 4.13. The first kappa shape index (κ1) is 19.2. The number of hydrogen-bond acceptors (Lipinski definition) is 7. The Morgan fingerprint density at radius 3 is 2.47 bits per heavy atom. The van der Waals surface area contributed by atoms with Gasteiger partial charge in [0.2, 0.25) is 5.89 Å². The Balaban J connectivity index is 1.39. The number of nitro benzene ring substituents is 1. The summed E-state index contributed by atoms with van der Waals surface area (Å²) in [7, 11) is 0. The van der Waals surface area contributed by atoms with E-state index >= 15 is 0 Å². The van der Waals surface area contributed by atoms with Crippen molar-refractivity contribution in [2.45, 2.75) is 0 Å². The minimum Gasteiger partial charge on any atom is -0.434 e. The molecule has 0 bridgehead atoms. The van der Waals surface area contributed by atoms with Gasteiger partial charge in [-0.2, -0.15) is 4.98 Å². The maximum absolute atomic E-state index is 12.2. The molecule has 0 saturated heterocycles. The van der Waals surface area contributed by atoms with Crippen LogP contribution in [-0.4, -0.2) is 25.9 Å². The van der Waals surface area contributed by atoms with Gasteiger partial charge >= 0.3 is 0 Å². The van der Waals surface area contributed by atoms with E-state index in [1.54, 1.807) is 42.6 Å². The van der Waals surface area contributed by atoms with Crippen molar-refractivity contribution in [3.63, 3.8) is 0 Å². The SMILES string of the molecule is O=C(NC(=S)Nc1ccc(-c2nc3ncccc3o2)cc1)c1ccc([N+](=O)[O-])cc1. The fourth-order valence-electron chi connectivity index (χ4n) is 2.66. The van der Waals surface area contributed by atoms with Crippen molar-refractivity contribution in [2.24, 2.45) is 0 Å². The molecule has 4 rings (SSSR count). The number of carbonyl (C=O) groups excluding carboxylic acids is 1. The van der Waals surface area contributed by atoms with E-state index in [-0.39, 0.29) is 16.4 Å². The minimum absolute atomic E-state index is 0.0946. The fourth-order valence-corrected chi connectivity index (χ4v) is 2.87. The van der Waals surface area contributed by atoms with Crippen LogP contribution in [0.2, 0.25) is 0 Å². The summed E-state index contributed by atoms with van der Waals surface area (Å²) >= 11 is 5.16. The smallest absolute Gasteiger partial charge is 0.269 e. The van der Waals surface area contributed by atoms with Crippen LogP contribution < -0.4 is 10.6 Å². The number of carbonyl (C=O) groups is 1. The molecule has 0 saturated carbocycles. The highest BCUT2D eigenvalue weighted by Crippen LogP contribution is 2.24. The van der Waals surface area contributed by atoms with E-state index in [4.69, 9.17) is 16.6 Å². The second-order valence-electron chi connectivity index (χ2n) is 6.13. The van der Waals surface area contributed by atoms with Gasteiger partial charge in [0.05, 0.1) is 4.92 Å². The van der Waals surface area contributed by atoms with E-state index in [1.165, 1.54) is 24.3 Å². The van der Waals surface area contributed by atoms with Gasteiger partial charge in [-0.3, -0.25) is 20.2 Å². The third-order valence-corrected chi connectivity index (χ3v) is 4.33. The molecule has 4 aromatic rings. The van der Waals surface area contributed by atoms with E-state index in [1.807, 2.05) is 0 Å². The molecule has 0 aliphatic heterocycles. The van der Waals surface area contributed by atoms with Gasteiger partial charge in [0.25, 0.3) is 11.6 Å². The standard InChI is InChI=1S/C20H13N5O4S/c26-18(12-5-9-15(10-6-12)25(27)28)24-20(30)22-14-7-3-13(4-8-14)19-23-17-16(29-19)2-1-11-21-17/h1-11H,(H2,22,24,26,30). The van der Waals surface area contributed by atoms with Gasteiger partial charge < -0.3 is 9.73 Å². The normalized spacial score (nSPS) is 10.5. The lowest BCUT2D eigenvalue weighted by Crippen LogP contribution is -2.34. The van der Waals surface area contributed by atoms with Crippen LogP contribution >= 0.6 is 12.2 Å². The van der Waals surface area contributed by atoms with E-state index in [0.29, 0.717) is 22.8 Å². The molecule has 1 amide bonds. The Bertz CT molecular complexity index is 1220. The van der Waals surface area contributed by atoms with Crippen LogP contribution in [0.5, 0.6) is 0 Å². The van der Waals surface area contributed by atoms with Crippen LogP contribution in [0, 0.1) is 10.1 Å². The number of hydrogen-bond donors (Lipinski definition) is 2. The van der Waals surface area contributed by atoms with Gasteiger partial charge in [-0.15, -0.1) is 0 Å². The number of non-ortho nitro benzene ring substituents is 1. The molecule has 2 heterocycles. The molecule has 0 fully saturated rings. The summed E-state index contributed by atoms with van der Waals surface area (Å²) in [6.07, 6.45) is 1.65. The zero-order valence-corrected chi connectivity index (χ0v) is 16.1. The van der Waals surface area contributed by atoms with Crippen molar-refractivity contribution < 1.29 is 14.1 Å². The van der Waals surface area contributed by atoms with Gasteiger partial charge in [0, 0.05) is 35.1 Å². The molecule has 148 valence electrons. The van der Waals surface area contributed by atoms with E-state index in [0.717, 1.165) is 5.56 Å². The predicted molar refractivity (Wildman–Crippen MR) is 114 cm³/mol. The number of thiocarbonyl (C=S) groups is 1. The summed E-state index contributed by atoms with van der Waals surface area (Å²) in [6.45, 7) is 0. The van der Waals surface area contributed by atoms with Crippen LogP contribution in [0.3, 0.4) is 0 Å². The molecule has 0 aliphatic rings. The lowest BCUT2D eigenvalue weighted by atomic mass is 10.2. The highest BCUT2D eigenvalue weighted by Gasteiger charge is 2.12. The highest BCUT2D eigenvalue weighted by molar-refractivity contribution is 7.80. The maximum Gasteiger partial charge on any atom is 0.269 e. The Hall–Kier alpha value is -4.18. The average Bonchev–Trinajstić information content (AvgIpc) is 3.18. The number of amides is 1. The lowest BCUT2D eigenvalue weighted by molar-refractivity contribution is -0.384. The van der Waals surface area contributed by atoms with Crippen LogP contribution in [0.1, 0.15) is 10.4 Å². The van der Waals surface area contributed by atoms with E-state index < -0.39 is 10.8 Å². The predicted octanol–water partition coefficient (Wildman–Crippen LogP) is 3.92. The van der Waals surface area contributed by atoms with Crippen molar-refractivity contribution in [3.8, 4) is 11.5 Å². The number of aromatic nitrogens is 2. The summed E-state index contributed by atoms with van der Waals surface area (Å²) < 4.78 is 5.68. The monoisotopic (exact) mass is 419 g/mol. The average molecular weight is 419 g/mol. The first-order valence-corrected chi connectivity index (χ1v) is 9.09. The topological polar surface area (TPSA) is 123 Å². The Kier molecular flexibility index (Phi) is 5.14. The van der Waals surface area contributed by atoms with Crippen molar-refractivity contribution in [2.75, 3.05) is 5.32 Å². The number of fused-ring (bicyclic) bond motifs is 1. The van der Waals surface area contributed by atoms with E-state index in [2.05, 4.69) is 20.6 Å². The molecule has 30 heavy (non-hydrogen) atoms. The second-order valence-corrected chi connectivity index (χ2v) is 6.54. The summed E-state index contributed by atoms with van der Waals surface area (Å²) in [5.74, 6) is -0.0257. The maximum atomic E-state index is 12.2.